The number of carbonyl (C=O) groups excluding carboxylic acids is 1. The molecule has 0 atom stereocenters. The predicted molar refractivity (Wildman–Crippen MR) is 69.1 cm³/mol. The van der Waals surface area contributed by atoms with Gasteiger partial charge in [-0.2, -0.15) is 0 Å². The molecule has 5 heteroatoms. The average molecular weight is 256 g/mol. The molecule has 5 nitrogen and oxygen atoms in total. The van der Waals surface area contributed by atoms with Crippen LogP contribution in [0.3, 0.4) is 0 Å². The van der Waals surface area contributed by atoms with Crippen molar-refractivity contribution in [3.05, 3.63) is 0 Å². The molecule has 0 aromatic heterocycles. The van der Waals surface area contributed by atoms with Crippen LogP contribution in [0.5, 0.6) is 0 Å². The Labute approximate surface area is 108 Å². The molecule has 1 aliphatic rings. The first-order valence-electron chi connectivity index (χ1n) is 6.47. The van der Waals surface area contributed by atoms with E-state index < -0.39 is 11.4 Å². The molecule has 1 aliphatic carbocycles. The number of rotatable bonds is 5. The molecule has 0 aromatic rings. The molecule has 1 amide bonds. The van der Waals surface area contributed by atoms with Gasteiger partial charge in [0.1, 0.15) is 0 Å². The molecule has 0 spiro atoms. The van der Waals surface area contributed by atoms with Crippen molar-refractivity contribution >= 4 is 11.9 Å². The summed E-state index contributed by atoms with van der Waals surface area (Å²) in [5, 5.41) is 8.78. The number of amides is 1. The van der Waals surface area contributed by atoms with E-state index in [0.717, 1.165) is 19.3 Å². The molecule has 0 unspecified atom stereocenters. The van der Waals surface area contributed by atoms with Crippen molar-refractivity contribution in [1.29, 1.82) is 0 Å². The second kappa shape index (κ2) is 5.26. The minimum atomic E-state index is -0.882. The van der Waals surface area contributed by atoms with E-state index in [2.05, 4.69) is 0 Å². The van der Waals surface area contributed by atoms with Gasteiger partial charge in [-0.05, 0) is 33.6 Å². The van der Waals surface area contributed by atoms with Crippen molar-refractivity contribution in [2.75, 3.05) is 13.1 Å². The Morgan fingerprint density at radius 1 is 1.33 bits per heavy atom. The first kappa shape index (κ1) is 15.0. The Bertz CT molecular complexity index is 324. The number of aliphatic carboxylic acids is 1. The minimum absolute atomic E-state index is 0.0185. The second-order valence-electron chi connectivity index (χ2n) is 6.11. The fourth-order valence-electron chi connectivity index (χ4n) is 2.34. The van der Waals surface area contributed by atoms with Gasteiger partial charge in [0.25, 0.3) is 0 Å². The summed E-state index contributed by atoms with van der Waals surface area (Å²) in [4.78, 5) is 25.0. The van der Waals surface area contributed by atoms with Crippen molar-refractivity contribution in [2.45, 2.75) is 52.0 Å². The third-order valence-corrected chi connectivity index (χ3v) is 3.76. The van der Waals surface area contributed by atoms with E-state index >= 15 is 0 Å². The van der Waals surface area contributed by atoms with Crippen molar-refractivity contribution in [1.82, 2.24) is 4.90 Å². The molecule has 0 bridgehead atoms. The van der Waals surface area contributed by atoms with Gasteiger partial charge in [0.05, 0.1) is 11.8 Å². The first-order valence-corrected chi connectivity index (χ1v) is 6.47. The van der Waals surface area contributed by atoms with Crippen LogP contribution in [-0.4, -0.2) is 40.5 Å². The largest absolute Gasteiger partial charge is 0.481 e. The van der Waals surface area contributed by atoms with Gasteiger partial charge in [-0.3, -0.25) is 9.59 Å². The van der Waals surface area contributed by atoms with Gasteiger partial charge >= 0.3 is 5.97 Å². The third kappa shape index (κ3) is 3.02. The Morgan fingerprint density at radius 3 is 2.17 bits per heavy atom. The maximum absolute atomic E-state index is 12.6. The number of nitrogens with zero attached hydrogens (tertiary/aromatic N) is 1. The number of carbonyl (C=O) groups is 2. The minimum Gasteiger partial charge on any atom is -0.481 e. The summed E-state index contributed by atoms with van der Waals surface area (Å²) >= 11 is 0. The van der Waals surface area contributed by atoms with Gasteiger partial charge in [0.2, 0.25) is 5.91 Å². The monoisotopic (exact) mass is 256 g/mol. The normalized spacial score (nSPS) is 18.0. The van der Waals surface area contributed by atoms with Crippen molar-refractivity contribution in [2.24, 2.45) is 11.1 Å². The van der Waals surface area contributed by atoms with E-state index in [1.54, 1.807) is 4.90 Å². The van der Waals surface area contributed by atoms with Gasteiger partial charge in [0, 0.05) is 18.6 Å². The van der Waals surface area contributed by atoms with Gasteiger partial charge in [-0.25, -0.2) is 0 Å². The molecule has 0 aromatic carbocycles. The molecular formula is C13H24N2O3. The second-order valence-corrected chi connectivity index (χ2v) is 6.11. The Kier molecular flexibility index (Phi) is 4.37. The summed E-state index contributed by atoms with van der Waals surface area (Å²) in [5.74, 6) is -0.863. The highest BCUT2D eigenvalue weighted by atomic mass is 16.4. The molecule has 0 radical (unpaired) electrons. The van der Waals surface area contributed by atoms with Gasteiger partial charge in [0.15, 0.2) is 0 Å². The van der Waals surface area contributed by atoms with Crippen molar-refractivity contribution < 1.29 is 14.7 Å². The maximum atomic E-state index is 12.6. The molecular weight excluding hydrogens is 232 g/mol. The summed E-state index contributed by atoms with van der Waals surface area (Å²) in [6, 6.07) is 0. The highest BCUT2D eigenvalue weighted by Gasteiger charge is 2.47. The maximum Gasteiger partial charge on any atom is 0.305 e. The highest BCUT2D eigenvalue weighted by molar-refractivity contribution is 5.85. The van der Waals surface area contributed by atoms with Crippen molar-refractivity contribution in [3.8, 4) is 0 Å². The standard InChI is InChI=1S/C13H24N2O3/c1-12(2,3)15(8-5-10(16)17)11(18)13(9-14)6-4-7-13/h4-9,14H2,1-3H3,(H,16,17). The summed E-state index contributed by atoms with van der Waals surface area (Å²) in [6.45, 7) is 6.38. The van der Waals surface area contributed by atoms with E-state index in [1.165, 1.54) is 0 Å². The number of carboxylic acid groups (broad SMARTS) is 1. The highest BCUT2D eigenvalue weighted by Crippen LogP contribution is 2.42. The molecule has 0 saturated heterocycles. The SMILES string of the molecule is CC(C)(C)N(CCC(=O)O)C(=O)C1(CN)CCC1. The number of carboxylic acids is 1. The van der Waals surface area contributed by atoms with E-state index in [0.29, 0.717) is 6.54 Å². The average Bonchev–Trinajstić information content (AvgIpc) is 2.14. The lowest BCUT2D eigenvalue weighted by Gasteiger charge is -2.47. The zero-order valence-electron chi connectivity index (χ0n) is 11.5. The lowest BCUT2D eigenvalue weighted by Crippen LogP contribution is -2.57. The lowest BCUT2D eigenvalue weighted by molar-refractivity contribution is -0.152. The smallest absolute Gasteiger partial charge is 0.305 e. The van der Waals surface area contributed by atoms with Crippen LogP contribution in [0.4, 0.5) is 0 Å². The molecule has 0 heterocycles. The van der Waals surface area contributed by atoms with Crippen LogP contribution in [0.25, 0.3) is 0 Å². The van der Waals surface area contributed by atoms with Crippen LogP contribution >= 0.6 is 0 Å². The third-order valence-electron chi connectivity index (χ3n) is 3.76. The number of hydrogen-bond donors (Lipinski definition) is 2. The number of nitrogens with two attached hydrogens (primary N) is 1. The topological polar surface area (TPSA) is 83.6 Å². The van der Waals surface area contributed by atoms with Gasteiger partial charge < -0.3 is 15.7 Å². The summed E-state index contributed by atoms with van der Waals surface area (Å²) in [6.07, 6.45) is 2.65. The van der Waals surface area contributed by atoms with Crippen LogP contribution < -0.4 is 5.73 Å². The van der Waals surface area contributed by atoms with E-state index in [4.69, 9.17) is 10.8 Å². The molecule has 1 rings (SSSR count). The Balaban J connectivity index is 2.82. The fourth-order valence-corrected chi connectivity index (χ4v) is 2.34. The Morgan fingerprint density at radius 2 is 1.89 bits per heavy atom. The first-order chi connectivity index (χ1) is 8.23. The fraction of sp³-hybridized carbons (Fsp3) is 0.846. The van der Waals surface area contributed by atoms with Gasteiger partial charge in [-0.15, -0.1) is 0 Å². The van der Waals surface area contributed by atoms with Crippen LogP contribution in [0.1, 0.15) is 46.5 Å². The quantitative estimate of drug-likeness (QED) is 0.774. The molecule has 18 heavy (non-hydrogen) atoms. The van der Waals surface area contributed by atoms with Crippen LogP contribution in [0, 0.1) is 5.41 Å². The predicted octanol–water partition coefficient (Wildman–Crippen LogP) is 1.22. The Hall–Kier alpha value is -1.10. The summed E-state index contributed by atoms with van der Waals surface area (Å²) in [5.41, 5.74) is 4.93. The zero-order valence-corrected chi connectivity index (χ0v) is 11.5. The zero-order chi connectivity index (χ0) is 14.0. The van der Waals surface area contributed by atoms with Crippen LogP contribution in [-0.2, 0) is 9.59 Å². The van der Waals surface area contributed by atoms with E-state index in [-0.39, 0.29) is 24.4 Å². The molecule has 104 valence electrons. The van der Waals surface area contributed by atoms with Gasteiger partial charge in [-0.1, -0.05) is 6.42 Å². The lowest BCUT2D eigenvalue weighted by atomic mass is 9.67. The van der Waals surface area contributed by atoms with Crippen LogP contribution in [0.15, 0.2) is 0 Å². The van der Waals surface area contributed by atoms with E-state index in [9.17, 15) is 9.59 Å². The molecule has 3 N–H and O–H groups in total. The summed E-state index contributed by atoms with van der Waals surface area (Å²) < 4.78 is 0. The summed E-state index contributed by atoms with van der Waals surface area (Å²) in [7, 11) is 0. The van der Waals surface area contributed by atoms with Crippen molar-refractivity contribution in [3.63, 3.8) is 0 Å². The molecule has 1 saturated carbocycles. The number of hydrogen-bond acceptors (Lipinski definition) is 3. The van der Waals surface area contributed by atoms with E-state index in [1.807, 2.05) is 20.8 Å². The molecule has 1 fully saturated rings. The van der Waals surface area contributed by atoms with Crippen LogP contribution in [0.2, 0.25) is 0 Å². The molecule has 0 aliphatic heterocycles.